The molecule has 1 aromatic carbocycles. The SMILES string of the molecule is C(#Cc1ccc(-c2nc3cnccn3c2N2CCCC2)s1)c1ccccc1. The molecule has 1 saturated heterocycles. The highest BCUT2D eigenvalue weighted by Crippen LogP contribution is 2.36. The van der Waals surface area contributed by atoms with Crippen LogP contribution in [0.15, 0.2) is 61.1 Å². The highest BCUT2D eigenvalue weighted by molar-refractivity contribution is 7.16. The van der Waals surface area contributed by atoms with Crippen LogP contribution < -0.4 is 4.90 Å². The first-order valence-corrected chi connectivity index (χ1v) is 9.94. The first kappa shape index (κ1) is 16.1. The largest absolute Gasteiger partial charge is 0.356 e. The van der Waals surface area contributed by atoms with Gasteiger partial charge in [-0.1, -0.05) is 30.0 Å². The molecule has 3 aromatic heterocycles. The van der Waals surface area contributed by atoms with Gasteiger partial charge in [0.1, 0.15) is 11.5 Å². The normalized spacial score (nSPS) is 13.7. The quantitative estimate of drug-likeness (QED) is 0.489. The molecule has 27 heavy (non-hydrogen) atoms. The topological polar surface area (TPSA) is 33.4 Å². The summed E-state index contributed by atoms with van der Waals surface area (Å²) in [6, 6.07) is 14.3. The van der Waals surface area contributed by atoms with E-state index >= 15 is 0 Å². The zero-order chi connectivity index (χ0) is 18.1. The zero-order valence-corrected chi connectivity index (χ0v) is 15.6. The van der Waals surface area contributed by atoms with E-state index in [-0.39, 0.29) is 0 Å². The van der Waals surface area contributed by atoms with E-state index in [0.717, 1.165) is 39.7 Å². The molecule has 0 unspecified atom stereocenters. The predicted molar refractivity (Wildman–Crippen MR) is 110 cm³/mol. The average molecular weight is 370 g/mol. The predicted octanol–water partition coefficient (Wildman–Crippen LogP) is 4.46. The molecule has 0 N–H and O–H groups in total. The molecule has 5 heteroatoms. The van der Waals surface area contributed by atoms with E-state index in [1.54, 1.807) is 11.3 Å². The molecular formula is C22H18N4S. The first-order valence-electron chi connectivity index (χ1n) is 9.13. The minimum Gasteiger partial charge on any atom is -0.356 e. The molecule has 0 spiro atoms. The molecule has 1 aliphatic heterocycles. The van der Waals surface area contributed by atoms with Crippen molar-refractivity contribution in [1.82, 2.24) is 14.4 Å². The van der Waals surface area contributed by atoms with Crippen LogP contribution in [0.3, 0.4) is 0 Å². The van der Waals surface area contributed by atoms with Crippen LogP contribution in [0.1, 0.15) is 23.3 Å². The lowest BCUT2D eigenvalue weighted by molar-refractivity contribution is 0.923. The second kappa shape index (κ2) is 6.90. The van der Waals surface area contributed by atoms with Crippen LogP contribution in [-0.2, 0) is 0 Å². The summed E-state index contributed by atoms with van der Waals surface area (Å²) in [4.78, 5) is 13.8. The minimum atomic E-state index is 0.889. The third-order valence-electron chi connectivity index (χ3n) is 4.75. The van der Waals surface area contributed by atoms with Gasteiger partial charge in [0, 0.05) is 31.0 Å². The van der Waals surface area contributed by atoms with Crippen molar-refractivity contribution in [1.29, 1.82) is 0 Å². The summed E-state index contributed by atoms with van der Waals surface area (Å²) in [5.74, 6) is 7.69. The molecule has 4 aromatic rings. The third-order valence-corrected chi connectivity index (χ3v) is 5.76. The fourth-order valence-corrected chi connectivity index (χ4v) is 4.32. The maximum absolute atomic E-state index is 4.88. The van der Waals surface area contributed by atoms with Gasteiger partial charge < -0.3 is 4.90 Å². The van der Waals surface area contributed by atoms with E-state index in [4.69, 9.17) is 4.98 Å². The summed E-state index contributed by atoms with van der Waals surface area (Å²) < 4.78 is 2.16. The summed E-state index contributed by atoms with van der Waals surface area (Å²) in [5.41, 5.74) is 2.95. The Morgan fingerprint density at radius 2 is 1.81 bits per heavy atom. The third kappa shape index (κ3) is 3.09. The average Bonchev–Trinajstić information content (AvgIpc) is 3.45. The van der Waals surface area contributed by atoms with Crippen LogP contribution in [0.2, 0.25) is 0 Å². The van der Waals surface area contributed by atoms with Gasteiger partial charge in [-0.15, -0.1) is 11.3 Å². The number of aromatic nitrogens is 3. The number of thiophene rings is 1. The molecule has 4 heterocycles. The molecule has 5 rings (SSSR count). The van der Waals surface area contributed by atoms with Crippen LogP contribution in [0.5, 0.6) is 0 Å². The van der Waals surface area contributed by atoms with Gasteiger partial charge in [0.05, 0.1) is 16.0 Å². The molecule has 0 aliphatic carbocycles. The molecule has 1 aliphatic rings. The molecule has 0 atom stereocenters. The number of hydrogen-bond acceptors (Lipinski definition) is 4. The molecule has 4 nitrogen and oxygen atoms in total. The highest BCUT2D eigenvalue weighted by Gasteiger charge is 2.23. The highest BCUT2D eigenvalue weighted by atomic mass is 32.1. The van der Waals surface area contributed by atoms with Crippen LogP contribution in [0.4, 0.5) is 5.82 Å². The molecule has 1 fully saturated rings. The molecule has 0 bridgehead atoms. The monoisotopic (exact) mass is 370 g/mol. The van der Waals surface area contributed by atoms with Crippen molar-refractivity contribution in [2.45, 2.75) is 12.8 Å². The standard InChI is InChI=1S/C22H18N4S/c1-2-6-17(7-3-1)8-9-18-10-11-19(27-18)21-22(25-13-4-5-14-25)26-15-12-23-16-20(26)24-21/h1-3,6-7,10-12,15-16H,4-5,13-14H2. The minimum absolute atomic E-state index is 0.889. The molecule has 0 amide bonds. The Bertz CT molecular complexity index is 1140. The number of imidazole rings is 1. The van der Waals surface area contributed by atoms with Crippen LogP contribution in [0, 0.1) is 11.8 Å². The Balaban J connectivity index is 1.55. The van der Waals surface area contributed by atoms with E-state index < -0.39 is 0 Å². The molecular weight excluding hydrogens is 352 g/mol. The number of fused-ring (bicyclic) bond motifs is 1. The zero-order valence-electron chi connectivity index (χ0n) is 14.8. The fraction of sp³-hybridized carbons (Fsp3) is 0.182. The van der Waals surface area contributed by atoms with Gasteiger partial charge >= 0.3 is 0 Å². The van der Waals surface area contributed by atoms with Gasteiger partial charge in [-0.05, 0) is 37.1 Å². The maximum atomic E-state index is 4.88. The van der Waals surface area contributed by atoms with Gasteiger partial charge in [-0.3, -0.25) is 9.38 Å². The van der Waals surface area contributed by atoms with Gasteiger partial charge in [0.15, 0.2) is 5.65 Å². The van der Waals surface area contributed by atoms with E-state index in [9.17, 15) is 0 Å². The smallest absolute Gasteiger partial charge is 0.157 e. The number of hydrogen-bond donors (Lipinski definition) is 0. The van der Waals surface area contributed by atoms with Crippen molar-refractivity contribution in [3.63, 3.8) is 0 Å². The number of anilines is 1. The number of nitrogens with zero attached hydrogens (tertiary/aromatic N) is 4. The van der Waals surface area contributed by atoms with Crippen molar-refractivity contribution in [3.8, 4) is 22.4 Å². The summed E-state index contributed by atoms with van der Waals surface area (Å²) >= 11 is 1.70. The Kier molecular flexibility index (Phi) is 4.11. The summed E-state index contributed by atoms with van der Waals surface area (Å²) in [6.07, 6.45) is 8.12. The second-order valence-corrected chi connectivity index (χ2v) is 7.65. The van der Waals surface area contributed by atoms with Crippen molar-refractivity contribution in [3.05, 3.63) is 71.5 Å². The van der Waals surface area contributed by atoms with Crippen molar-refractivity contribution < 1.29 is 0 Å². The lowest BCUT2D eigenvalue weighted by Crippen LogP contribution is -2.20. The first-order chi connectivity index (χ1) is 13.4. The Morgan fingerprint density at radius 3 is 2.67 bits per heavy atom. The van der Waals surface area contributed by atoms with E-state index in [1.165, 1.54) is 18.7 Å². The lowest BCUT2D eigenvalue weighted by Gasteiger charge is -2.18. The Labute approximate surface area is 162 Å². The van der Waals surface area contributed by atoms with Crippen molar-refractivity contribution in [2.75, 3.05) is 18.0 Å². The lowest BCUT2D eigenvalue weighted by atomic mass is 10.2. The molecule has 0 saturated carbocycles. The summed E-state index contributed by atoms with van der Waals surface area (Å²) in [7, 11) is 0. The van der Waals surface area contributed by atoms with Gasteiger partial charge in [-0.2, -0.15) is 0 Å². The fourth-order valence-electron chi connectivity index (χ4n) is 3.48. The van der Waals surface area contributed by atoms with E-state index in [2.05, 4.69) is 38.3 Å². The Morgan fingerprint density at radius 1 is 0.963 bits per heavy atom. The maximum Gasteiger partial charge on any atom is 0.157 e. The second-order valence-electron chi connectivity index (χ2n) is 6.56. The Hall–Kier alpha value is -3.10. The van der Waals surface area contributed by atoms with Crippen LogP contribution in [0.25, 0.3) is 16.2 Å². The van der Waals surface area contributed by atoms with Crippen LogP contribution in [-0.4, -0.2) is 27.5 Å². The number of rotatable bonds is 2. The molecule has 132 valence electrons. The van der Waals surface area contributed by atoms with E-state index in [1.807, 2.05) is 48.9 Å². The summed E-state index contributed by atoms with van der Waals surface area (Å²) in [5, 5.41) is 0. The van der Waals surface area contributed by atoms with Crippen LogP contribution >= 0.6 is 11.3 Å². The summed E-state index contributed by atoms with van der Waals surface area (Å²) in [6.45, 7) is 2.16. The van der Waals surface area contributed by atoms with Crippen molar-refractivity contribution >= 4 is 22.8 Å². The van der Waals surface area contributed by atoms with Crippen molar-refractivity contribution in [2.24, 2.45) is 0 Å². The number of benzene rings is 1. The molecule has 0 radical (unpaired) electrons. The van der Waals surface area contributed by atoms with E-state index in [0.29, 0.717) is 0 Å². The van der Waals surface area contributed by atoms with Gasteiger partial charge in [0.25, 0.3) is 0 Å². The van der Waals surface area contributed by atoms with Gasteiger partial charge in [0.2, 0.25) is 0 Å². The van der Waals surface area contributed by atoms with Gasteiger partial charge in [-0.25, -0.2) is 4.98 Å².